The molecule has 0 aliphatic heterocycles. The maximum atomic E-state index is 11.4. The predicted molar refractivity (Wildman–Crippen MR) is 63.5 cm³/mol. The van der Waals surface area contributed by atoms with Gasteiger partial charge in [0.15, 0.2) is 0 Å². The van der Waals surface area contributed by atoms with Crippen LogP contribution in [-0.4, -0.2) is 26.4 Å². The lowest BCUT2D eigenvalue weighted by Crippen LogP contribution is -2.18. The number of halogens is 1. The maximum Gasteiger partial charge on any atom is 0.138 e. The predicted octanol–water partition coefficient (Wildman–Crippen LogP) is 2.06. The van der Waals surface area contributed by atoms with Crippen LogP contribution in [0.15, 0.2) is 6.33 Å². The molecular formula is C11H18ClN3O. The molecule has 0 amide bonds. The molecule has 0 bridgehead atoms. The highest BCUT2D eigenvalue weighted by molar-refractivity contribution is 6.18. The average molecular weight is 244 g/mol. The fourth-order valence-electron chi connectivity index (χ4n) is 1.65. The standard InChI is InChI=1S/C11H18ClN3O/c1-3-6-15-11(13-8-14-15)7-10(4-5-12)9(2)16/h8,10H,3-7H2,1-2H3. The van der Waals surface area contributed by atoms with Crippen LogP contribution in [0.1, 0.15) is 32.5 Å². The Balaban J connectivity index is 2.68. The summed E-state index contributed by atoms with van der Waals surface area (Å²) in [5.41, 5.74) is 0. The van der Waals surface area contributed by atoms with E-state index in [-0.39, 0.29) is 11.7 Å². The molecule has 0 saturated carbocycles. The molecule has 1 rings (SSSR count). The second kappa shape index (κ2) is 6.63. The molecule has 0 saturated heterocycles. The third-order valence-electron chi connectivity index (χ3n) is 2.59. The van der Waals surface area contributed by atoms with Gasteiger partial charge in [0.2, 0.25) is 0 Å². The third kappa shape index (κ3) is 3.59. The summed E-state index contributed by atoms with van der Waals surface area (Å²) in [4.78, 5) is 15.6. The fraction of sp³-hybridized carbons (Fsp3) is 0.727. The van der Waals surface area contributed by atoms with Gasteiger partial charge in [0.05, 0.1) is 0 Å². The Bertz CT molecular complexity index is 338. The van der Waals surface area contributed by atoms with Crippen molar-refractivity contribution < 1.29 is 4.79 Å². The molecule has 0 radical (unpaired) electrons. The number of carbonyl (C=O) groups is 1. The van der Waals surface area contributed by atoms with Crippen LogP contribution >= 0.6 is 11.6 Å². The Morgan fingerprint density at radius 1 is 1.62 bits per heavy atom. The molecule has 1 aromatic rings. The Kier molecular flexibility index (Phi) is 5.46. The maximum absolute atomic E-state index is 11.4. The Hall–Kier alpha value is -0.900. The number of alkyl halides is 1. The number of nitrogens with zero attached hydrogens (tertiary/aromatic N) is 3. The number of Topliss-reactive ketones (excluding diaryl/α,β-unsaturated/α-hetero) is 1. The van der Waals surface area contributed by atoms with Gasteiger partial charge >= 0.3 is 0 Å². The van der Waals surface area contributed by atoms with Crippen LogP contribution in [0, 0.1) is 5.92 Å². The topological polar surface area (TPSA) is 47.8 Å². The van der Waals surface area contributed by atoms with Crippen molar-refractivity contribution in [2.24, 2.45) is 5.92 Å². The monoisotopic (exact) mass is 243 g/mol. The molecule has 5 heteroatoms. The summed E-state index contributed by atoms with van der Waals surface area (Å²) in [6.45, 7) is 4.55. The van der Waals surface area contributed by atoms with Crippen LogP contribution in [0.25, 0.3) is 0 Å². The number of aryl methyl sites for hydroxylation is 1. The van der Waals surface area contributed by atoms with Crippen molar-refractivity contribution in [1.82, 2.24) is 14.8 Å². The van der Waals surface area contributed by atoms with E-state index in [0.717, 1.165) is 18.8 Å². The first-order valence-corrected chi connectivity index (χ1v) is 6.15. The summed E-state index contributed by atoms with van der Waals surface area (Å²) in [6, 6.07) is 0. The molecule has 0 aliphatic rings. The van der Waals surface area contributed by atoms with E-state index in [1.165, 1.54) is 0 Å². The van der Waals surface area contributed by atoms with Gasteiger partial charge in [-0.3, -0.25) is 9.48 Å². The summed E-state index contributed by atoms with van der Waals surface area (Å²) in [5.74, 6) is 1.53. The van der Waals surface area contributed by atoms with Gasteiger partial charge in [-0.15, -0.1) is 11.6 Å². The smallest absolute Gasteiger partial charge is 0.138 e. The Morgan fingerprint density at radius 2 is 2.38 bits per heavy atom. The number of aromatic nitrogens is 3. The Morgan fingerprint density at radius 3 is 2.94 bits per heavy atom. The van der Waals surface area contributed by atoms with Crippen LogP contribution < -0.4 is 0 Å². The van der Waals surface area contributed by atoms with Crippen molar-refractivity contribution >= 4 is 17.4 Å². The second-order valence-corrected chi connectivity index (χ2v) is 4.27. The van der Waals surface area contributed by atoms with E-state index in [9.17, 15) is 4.79 Å². The number of ketones is 1. The zero-order valence-electron chi connectivity index (χ0n) is 9.82. The first-order chi connectivity index (χ1) is 7.69. The lowest BCUT2D eigenvalue weighted by molar-refractivity contribution is -0.120. The lowest BCUT2D eigenvalue weighted by atomic mass is 9.98. The molecule has 0 aliphatic carbocycles. The van der Waals surface area contributed by atoms with E-state index in [1.54, 1.807) is 13.3 Å². The van der Waals surface area contributed by atoms with Gasteiger partial charge < -0.3 is 0 Å². The molecule has 1 aromatic heterocycles. The van der Waals surface area contributed by atoms with Crippen molar-refractivity contribution in [3.8, 4) is 0 Å². The van der Waals surface area contributed by atoms with Gasteiger partial charge in [0.1, 0.15) is 17.9 Å². The molecule has 90 valence electrons. The molecule has 0 spiro atoms. The zero-order valence-corrected chi connectivity index (χ0v) is 10.6. The molecule has 16 heavy (non-hydrogen) atoms. The van der Waals surface area contributed by atoms with Crippen LogP contribution in [-0.2, 0) is 17.8 Å². The van der Waals surface area contributed by atoms with E-state index in [0.29, 0.717) is 18.7 Å². The SMILES string of the molecule is CCCn1ncnc1CC(CCCl)C(C)=O. The van der Waals surface area contributed by atoms with Crippen molar-refractivity contribution in [3.63, 3.8) is 0 Å². The second-order valence-electron chi connectivity index (χ2n) is 3.89. The van der Waals surface area contributed by atoms with Gasteiger partial charge in [-0.1, -0.05) is 6.92 Å². The summed E-state index contributed by atoms with van der Waals surface area (Å²) in [7, 11) is 0. The number of carbonyl (C=O) groups excluding carboxylic acids is 1. The van der Waals surface area contributed by atoms with Gasteiger partial charge in [-0.05, 0) is 19.8 Å². The average Bonchev–Trinajstić information content (AvgIpc) is 2.65. The van der Waals surface area contributed by atoms with Crippen molar-refractivity contribution in [1.29, 1.82) is 0 Å². The first kappa shape index (κ1) is 13.2. The molecule has 0 aromatic carbocycles. The van der Waals surface area contributed by atoms with Crippen LogP contribution in [0.4, 0.5) is 0 Å². The van der Waals surface area contributed by atoms with Crippen LogP contribution in [0.2, 0.25) is 0 Å². The van der Waals surface area contributed by atoms with E-state index in [4.69, 9.17) is 11.6 Å². The number of rotatable bonds is 7. The van der Waals surface area contributed by atoms with E-state index < -0.39 is 0 Å². The molecule has 1 heterocycles. The number of hydrogen-bond acceptors (Lipinski definition) is 3. The minimum Gasteiger partial charge on any atom is -0.300 e. The molecule has 1 unspecified atom stereocenters. The van der Waals surface area contributed by atoms with Crippen LogP contribution in [0.3, 0.4) is 0 Å². The zero-order chi connectivity index (χ0) is 12.0. The molecule has 4 nitrogen and oxygen atoms in total. The third-order valence-corrected chi connectivity index (χ3v) is 2.81. The van der Waals surface area contributed by atoms with E-state index in [1.807, 2.05) is 4.68 Å². The highest BCUT2D eigenvalue weighted by atomic mass is 35.5. The highest BCUT2D eigenvalue weighted by Gasteiger charge is 2.17. The summed E-state index contributed by atoms with van der Waals surface area (Å²) >= 11 is 5.69. The number of hydrogen-bond donors (Lipinski definition) is 0. The normalized spacial score (nSPS) is 12.7. The van der Waals surface area contributed by atoms with Crippen molar-refractivity contribution in [2.75, 3.05) is 5.88 Å². The van der Waals surface area contributed by atoms with Gasteiger partial charge in [0.25, 0.3) is 0 Å². The van der Waals surface area contributed by atoms with E-state index >= 15 is 0 Å². The molecule has 0 N–H and O–H groups in total. The van der Waals surface area contributed by atoms with E-state index in [2.05, 4.69) is 17.0 Å². The molecular weight excluding hydrogens is 226 g/mol. The molecule has 1 atom stereocenters. The van der Waals surface area contributed by atoms with Crippen LogP contribution in [0.5, 0.6) is 0 Å². The highest BCUT2D eigenvalue weighted by Crippen LogP contribution is 2.13. The largest absolute Gasteiger partial charge is 0.300 e. The molecule has 0 fully saturated rings. The van der Waals surface area contributed by atoms with Gasteiger partial charge in [0, 0.05) is 24.8 Å². The summed E-state index contributed by atoms with van der Waals surface area (Å²) in [5, 5.41) is 4.14. The fourth-order valence-corrected chi connectivity index (χ4v) is 1.91. The first-order valence-electron chi connectivity index (χ1n) is 5.62. The van der Waals surface area contributed by atoms with Gasteiger partial charge in [-0.25, -0.2) is 4.98 Å². The minimum absolute atomic E-state index is 0.0303. The quantitative estimate of drug-likeness (QED) is 0.689. The van der Waals surface area contributed by atoms with Crippen molar-refractivity contribution in [2.45, 2.75) is 39.7 Å². The minimum atomic E-state index is -0.0303. The summed E-state index contributed by atoms with van der Waals surface area (Å²) < 4.78 is 1.87. The lowest BCUT2D eigenvalue weighted by Gasteiger charge is -2.12. The Labute approximate surface area is 101 Å². The summed E-state index contributed by atoms with van der Waals surface area (Å²) in [6.07, 6.45) is 3.90. The van der Waals surface area contributed by atoms with Crippen molar-refractivity contribution in [3.05, 3.63) is 12.2 Å². The van der Waals surface area contributed by atoms with Gasteiger partial charge in [-0.2, -0.15) is 5.10 Å².